The molecule has 2 saturated carbocycles. The van der Waals surface area contributed by atoms with Gasteiger partial charge in [0.1, 0.15) is 0 Å². The van der Waals surface area contributed by atoms with Gasteiger partial charge >= 0.3 is 5.97 Å². The Kier molecular flexibility index (Phi) is 3.90. The maximum absolute atomic E-state index is 11.9. The van der Waals surface area contributed by atoms with Crippen molar-refractivity contribution in [3.05, 3.63) is 0 Å². The van der Waals surface area contributed by atoms with Crippen LogP contribution < -0.4 is 11.1 Å². The van der Waals surface area contributed by atoms with Gasteiger partial charge in [-0.05, 0) is 31.6 Å². The largest absolute Gasteiger partial charge is 0.481 e. The molecule has 0 bridgehead atoms. The molecule has 0 aromatic heterocycles. The second kappa shape index (κ2) is 5.26. The van der Waals surface area contributed by atoms with Crippen molar-refractivity contribution in [2.24, 2.45) is 23.0 Å². The van der Waals surface area contributed by atoms with Gasteiger partial charge in [0.15, 0.2) is 0 Å². The zero-order chi connectivity index (χ0) is 13.2. The molecule has 2 atom stereocenters. The van der Waals surface area contributed by atoms with E-state index < -0.39 is 5.97 Å². The molecular formula is C13H22N2O3. The fourth-order valence-corrected chi connectivity index (χ4v) is 2.86. The van der Waals surface area contributed by atoms with Gasteiger partial charge in [0.25, 0.3) is 0 Å². The number of nitrogens with two attached hydrogens (primary N) is 1. The highest BCUT2D eigenvalue weighted by Crippen LogP contribution is 2.44. The number of carbonyl (C=O) groups is 2. The molecule has 0 aromatic rings. The number of hydrogen-bond acceptors (Lipinski definition) is 3. The molecule has 2 unspecified atom stereocenters. The summed E-state index contributed by atoms with van der Waals surface area (Å²) in [5.74, 6) is -0.936. The minimum Gasteiger partial charge on any atom is -0.481 e. The Morgan fingerprint density at radius 1 is 1.28 bits per heavy atom. The Balaban J connectivity index is 1.84. The molecule has 2 aliphatic carbocycles. The molecule has 0 aliphatic heterocycles. The summed E-state index contributed by atoms with van der Waals surface area (Å²) < 4.78 is 0. The summed E-state index contributed by atoms with van der Waals surface area (Å²) in [5, 5.41) is 12.1. The number of carboxylic acid groups (broad SMARTS) is 1. The topological polar surface area (TPSA) is 92.4 Å². The quantitative estimate of drug-likeness (QED) is 0.674. The molecule has 0 radical (unpaired) electrons. The van der Waals surface area contributed by atoms with Gasteiger partial charge in [-0.25, -0.2) is 0 Å². The Morgan fingerprint density at radius 3 is 2.50 bits per heavy atom. The van der Waals surface area contributed by atoms with Crippen molar-refractivity contribution in [1.29, 1.82) is 0 Å². The normalized spacial score (nSPS) is 29.6. The lowest BCUT2D eigenvalue weighted by Crippen LogP contribution is -2.42. The van der Waals surface area contributed by atoms with E-state index in [1.165, 1.54) is 0 Å². The summed E-state index contributed by atoms with van der Waals surface area (Å²) in [6.45, 7) is 0.878. The Hall–Kier alpha value is -1.10. The SMILES string of the molecule is NCC1(C(=O)NCC2CCCCC2C(=O)O)CC1. The van der Waals surface area contributed by atoms with Crippen LogP contribution in [0.4, 0.5) is 0 Å². The fourth-order valence-electron chi connectivity index (χ4n) is 2.86. The van der Waals surface area contributed by atoms with E-state index in [2.05, 4.69) is 5.32 Å². The maximum Gasteiger partial charge on any atom is 0.306 e. The first-order chi connectivity index (χ1) is 8.59. The van der Waals surface area contributed by atoms with Gasteiger partial charge in [-0.15, -0.1) is 0 Å². The molecule has 0 saturated heterocycles. The van der Waals surface area contributed by atoms with E-state index in [1.54, 1.807) is 0 Å². The average molecular weight is 254 g/mol. The lowest BCUT2D eigenvalue weighted by molar-refractivity contribution is -0.145. The average Bonchev–Trinajstić information content (AvgIpc) is 3.17. The first-order valence-corrected chi connectivity index (χ1v) is 6.80. The molecule has 2 aliphatic rings. The molecule has 0 aromatic carbocycles. The van der Waals surface area contributed by atoms with Gasteiger partial charge in [0.2, 0.25) is 5.91 Å². The number of rotatable bonds is 5. The molecule has 0 spiro atoms. The van der Waals surface area contributed by atoms with E-state index in [9.17, 15) is 9.59 Å². The molecular weight excluding hydrogens is 232 g/mol. The fraction of sp³-hybridized carbons (Fsp3) is 0.846. The summed E-state index contributed by atoms with van der Waals surface area (Å²) in [6.07, 6.45) is 5.40. The van der Waals surface area contributed by atoms with Gasteiger partial charge in [-0.2, -0.15) is 0 Å². The van der Waals surface area contributed by atoms with E-state index in [-0.39, 0.29) is 23.2 Å². The molecule has 0 heterocycles. The lowest BCUT2D eigenvalue weighted by Gasteiger charge is -2.29. The maximum atomic E-state index is 11.9. The van der Waals surface area contributed by atoms with Crippen molar-refractivity contribution in [2.45, 2.75) is 38.5 Å². The van der Waals surface area contributed by atoms with Gasteiger partial charge in [0, 0.05) is 13.1 Å². The van der Waals surface area contributed by atoms with E-state index >= 15 is 0 Å². The van der Waals surface area contributed by atoms with Crippen molar-refractivity contribution < 1.29 is 14.7 Å². The third kappa shape index (κ3) is 2.66. The Labute approximate surface area is 107 Å². The Morgan fingerprint density at radius 2 is 1.94 bits per heavy atom. The zero-order valence-corrected chi connectivity index (χ0v) is 10.7. The van der Waals surface area contributed by atoms with E-state index in [0.29, 0.717) is 13.1 Å². The highest BCUT2D eigenvalue weighted by molar-refractivity contribution is 5.85. The highest BCUT2D eigenvalue weighted by Gasteiger charge is 2.48. The van der Waals surface area contributed by atoms with Crippen molar-refractivity contribution in [3.8, 4) is 0 Å². The van der Waals surface area contributed by atoms with Crippen LogP contribution in [0.5, 0.6) is 0 Å². The van der Waals surface area contributed by atoms with Gasteiger partial charge < -0.3 is 16.2 Å². The number of carboxylic acids is 1. The first kappa shape index (κ1) is 13.3. The van der Waals surface area contributed by atoms with Crippen molar-refractivity contribution in [1.82, 2.24) is 5.32 Å². The predicted molar refractivity (Wildman–Crippen MR) is 66.8 cm³/mol. The van der Waals surface area contributed by atoms with E-state index in [4.69, 9.17) is 10.8 Å². The second-order valence-corrected chi connectivity index (χ2v) is 5.68. The summed E-state index contributed by atoms with van der Waals surface area (Å²) in [7, 11) is 0. The second-order valence-electron chi connectivity index (χ2n) is 5.68. The zero-order valence-electron chi connectivity index (χ0n) is 10.7. The third-order valence-electron chi connectivity index (χ3n) is 4.48. The molecule has 4 N–H and O–H groups in total. The van der Waals surface area contributed by atoms with Crippen LogP contribution in [0.15, 0.2) is 0 Å². The van der Waals surface area contributed by atoms with Crippen LogP contribution in [0.2, 0.25) is 0 Å². The summed E-state index contributed by atoms with van der Waals surface area (Å²) >= 11 is 0. The summed E-state index contributed by atoms with van der Waals surface area (Å²) in [6, 6.07) is 0. The standard InChI is InChI=1S/C13H22N2O3/c14-8-13(5-6-13)12(18)15-7-9-3-1-2-4-10(9)11(16)17/h9-10H,1-8,14H2,(H,15,18)(H,16,17). The van der Waals surface area contributed by atoms with Crippen molar-refractivity contribution >= 4 is 11.9 Å². The van der Waals surface area contributed by atoms with E-state index in [0.717, 1.165) is 38.5 Å². The monoisotopic (exact) mass is 254 g/mol. The highest BCUT2D eigenvalue weighted by atomic mass is 16.4. The van der Waals surface area contributed by atoms with Crippen LogP contribution in [0.1, 0.15) is 38.5 Å². The number of nitrogens with one attached hydrogen (secondary N) is 1. The van der Waals surface area contributed by atoms with Crippen LogP contribution in [0, 0.1) is 17.3 Å². The molecule has 102 valence electrons. The first-order valence-electron chi connectivity index (χ1n) is 6.80. The minimum atomic E-state index is -0.728. The molecule has 5 nitrogen and oxygen atoms in total. The van der Waals surface area contributed by atoms with Crippen LogP contribution in [0.25, 0.3) is 0 Å². The summed E-state index contributed by atoms with van der Waals surface area (Å²) in [5.41, 5.74) is 5.26. The molecule has 18 heavy (non-hydrogen) atoms. The molecule has 5 heteroatoms. The van der Waals surface area contributed by atoms with Gasteiger partial charge in [-0.1, -0.05) is 12.8 Å². The van der Waals surface area contributed by atoms with Crippen molar-refractivity contribution in [2.75, 3.05) is 13.1 Å². The number of carbonyl (C=O) groups excluding carboxylic acids is 1. The van der Waals surface area contributed by atoms with Gasteiger partial charge in [-0.3, -0.25) is 9.59 Å². The van der Waals surface area contributed by atoms with Crippen LogP contribution >= 0.6 is 0 Å². The van der Waals surface area contributed by atoms with Crippen LogP contribution in [0.3, 0.4) is 0 Å². The smallest absolute Gasteiger partial charge is 0.306 e. The molecule has 2 fully saturated rings. The van der Waals surface area contributed by atoms with Crippen molar-refractivity contribution in [3.63, 3.8) is 0 Å². The molecule has 2 rings (SSSR count). The molecule has 1 amide bonds. The predicted octanol–water partition coefficient (Wildman–Crippen LogP) is 0.732. The van der Waals surface area contributed by atoms with Crippen LogP contribution in [-0.2, 0) is 9.59 Å². The number of amides is 1. The van der Waals surface area contributed by atoms with Crippen LogP contribution in [-0.4, -0.2) is 30.1 Å². The summed E-state index contributed by atoms with van der Waals surface area (Å²) in [4.78, 5) is 23.1. The number of hydrogen-bond donors (Lipinski definition) is 3. The Bertz CT molecular complexity index is 339. The minimum absolute atomic E-state index is 0.0136. The number of aliphatic carboxylic acids is 1. The van der Waals surface area contributed by atoms with E-state index in [1.807, 2.05) is 0 Å². The lowest BCUT2D eigenvalue weighted by atomic mass is 9.79. The van der Waals surface area contributed by atoms with Gasteiger partial charge in [0.05, 0.1) is 11.3 Å². The third-order valence-corrected chi connectivity index (χ3v) is 4.48.